The van der Waals surface area contributed by atoms with Crippen LogP contribution in [-0.2, 0) is 12.7 Å². The third-order valence-corrected chi connectivity index (χ3v) is 4.76. The number of amides is 1. The zero-order valence-corrected chi connectivity index (χ0v) is 17.0. The summed E-state index contributed by atoms with van der Waals surface area (Å²) in [6, 6.07) is 5.19. The zero-order valence-electron chi connectivity index (χ0n) is 16.2. The first kappa shape index (κ1) is 21.7. The number of halogens is 4. The Hall–Kier alpha value is -3.54. The number of rotatable bonds is 4. The third-order valence-electron chi connectivity index (χ3n) is 4.48. The fourth-order valence-electron chi connectivity index (χ4n) is 3.08. The van der Waals surface area contributed by atoms with Crippen LogP contribution in [0.15, 0.2) is 35.3 Å². The van der Waals surface area contributed by atoms with Gasteiger partial charge in [-0.25, -0.2) is 9.78 Å². The first-order valence-corrected chi connectivity index (χ1v) is 9.69. The fourth-order valence-corrected chi connectivity index (χ4v) is 3.37. The highest BCUT2D eigenvalue weighted by Gasteiger charge is 2.41. The molecule has 1 aliphatic heterocycles. The highest BCUT2D eigenvalue weighted by molar-refractivity contribution is 6.32. The average Bonchev–Trinajstić information content (AvgIpc) is 3.06. The molecule has 13 heteroatoms. The normalized spacial score (nSPS) is 13.5. The molecule has 0 spiro atoms. The summed E-state index contributed by atoms with van der Waals surface area (Å²) in [6.45, 7) is 0.748. The van der Waals surface area contributed by atoms with E-state index >= 15 is 0 Å². The van der Waals surface area contributed by atoms with Gasteiger partial charge in [0.1, 0.15) is 0 Å². The highest BCUT2D eigenvalue weighted by atomic mass is 35.5. The Morgan fingerprint density at radius 3 is 2.75 bits per heavy atom. The van der Waals surface area contributed by atoms with E-state index in [4.69, 9.17) is 21.1 Å². The van der Waals surface area contributed by atoms with Crippen LogP contribution in [0.2, 0.25) is 5.02 Å². The van der Waals surface area contributed by atoms with E-state index in [0.29, 0.717) is 41.4 Å². The van der Waals surface area contributed by atoms with Crippen molar-refractivity contribution in [2.24, 2.45) is 0 Å². The van der Waals surface area contributed by atoms with Crippen LogP contribution >= 0.6 is 11.6 Å². The second-order valence-electron chi connectivity index (χ2n) is 6.73. The van der Waals surface area contributed by atoms with E-state index in [2.05, 4.69) is 15.5 Å². The van der Waals surface area contributed by atoms with Crippen LogP contribution in [-0.4, -0.2) is 39.1 Å². The van der Waals surface area contributed by atoms with E-state index in [9.17, 15) is 22.8 Å². The van der Waals surface area contributed by atoms with Gasteiger partial charge in [0.25, 0.3) is 11.5 Å². The second kappa shape index (κ2) is 8.54. The zero-order chi connectivity index (χ0) is 22.9. The highest BCUT2D eigenvalue weighted by Crippen LogP contribution is 2.38. The maximum Gasteiger partial charge on any atom is 0.434 e. The Morgan fingerprint density at radius 1 is 1.25 bits per heavy atom. The first-order chi connectivity index (χ1) is 15.2. The first-order valence-electron chi connectivity index (χ1n) is 9.31. The Bertz CT molecular complexity index is 1200. The molecule has 0 atom stereocenters. The van der Waals surface area contributed by atoms with Crippen LogP contribution in [0.4, 0.5) is 13.2 Å². The SMILES string of the molecule is O=C(NCc1cc(Cl)c2c(c1)OCCCO2)c1cnn(-c2ccc(=O)[nH]n2)c1C(F)(F)F. The van der Waals surface area contributed by atoms with Gasteiger partial charge in [-0.3, -0.25) is 9.59 Å². The maximum atomic E-state index is 13.7. The predicted molar refractivity (Wildman–Crippen MR) is 105 cm³/mol. The van der Waals surface area contributed by atoms with Gasteiger partial charge in [0.05, 0.1) is 30.0 Å². The summed E-state index contributed by atoms with van der Waals surface area (Å²) in [5.74, 6) is -0.526. The van der Waals surface area contributed by atoms with Crippen LogP contribution < -0.4 is 20.3 Å². The van der Waals surface area contributed by atoms with Crippen molar-refractivity contribution in [2.45, 2.75) is 19.1 Å². The van der Waals surface area contributed by atoms with Crippen LogP contribution in [0.5, 0.6) is 11.5 Å². The van der Waals surface area contributed by atoms with E-state index in [1.54, 1.807) is 6.07 Å². The molecule has 32 heavy (non-hydrogen) atoms. The Kier molecular flexibility index (Phi) is 5.78. The molecule has 3 aromatic rings. The third kappa shape index (κ3) is 4.40. The van der Waals surface area contributed by atoms with Crippen LogP contribution in [0, 0.1) is 0 Å². The number of carbonyl (C=O) groups excluding carboxylic acids is 1. The summed E-state index contributed by atoms with van der Waals surface area (Å²) >= 11 is 6.21. The molecule has 0 radical (unpaired) electrons. The topological polar surface area (TPSA) is 111 Å². The number of alkyl halides is 3. The number of benzene rings is 1. The summed E-state index contributed by atoms with van der Waals surface area (Å²) in [7, 11) is 0. The smallest absolute Gasteiger partial charge is 0.434 e. The molecule has 4 rings (SSSR count). The lowest BCUT2D eigenvalue weighted by Gasteiger charge is -2.13. The number of nitrogens with one attached hydrogen (secondary N) is 2. The van der Waals surface area contributed by atoms with Crippen LogP contribution in [0.1, 0.15) is 28.0 Å². The van der Waals surface area contributed by atoms with E-state index in [1.807, 2.05) is 5.10 Å². The van der Waals surface area contributed by atoms with E-state index in [1.165, 1.54) is 6.07 Å². The molecular formula is C19H15ClF3N5O4. The molecule has 0 saturated carbocycles. The summed E-state index contributed by atoms with van der Waals surface area (Å²) in [5, 5.41) is 11.9. The van der Waals surface area contributed by atoms with Crippen molar-refractivity contribution in [3.05, 3.63) is 62.7 Å². The van der Waals surface area contributed by atoms with E-state index < -0.39 is 28.9 Å². The molecule has 1 aliphatic rings. The van der Waals surface area contributed by atoms with E-state index in [-0.39, 0.29) is 17.4 Å². The van der Waals surface area contributed by atoms with Gasteiger partial charge in [0, 0.05) is 19.0 Å². The summed E-state index contributed by atoms with van der Waals surface area (Å²) in [4.78, 5) is 23.7. The van der Waals surface area contributed by atoms with Gasteiger partial charge in [-0.1, -0.05) is 11.6 Å². The number of H-pyrrole nitrogens is 1. The average molecular weight is 470 g/mol. The standard InChI is InChI=1S/C19H15ClF3N5O4/c20-12-6-10(7-13-16(12)32-5-1-4-31-13)8-24-18(30)11-9-25-28(17(11)19(21,22)23)14-2-3-15(29)27-26-14/h2-3,6-7,9H,1,4-5,8H2,(H,24,30)(H,27,29). The minimum atomic E-state index is -4.92. The lowest BCUT2D eigenvalue weighted by Crippen LogP contribution is -2.26. The minimum Gasteiger partial charge on any atom is -0.489 e. The Balaban J connectivity index is 1.59. The molecule has 3 heterocycles. The van der Waals surface area contributed by atoms with Gasteiger partial charge in [-0.05, 0) is 23.8 Å². The van der Waals surface area contributed by atoms with E-state index in [0.717, 1.165) is 18.3 Å². The number of aromatic amines is 1. The van der Waals surface area contributed by atoms with Crippen molar-refractivity contribution >= 4 is 17.5 Å². The molecule has 2 N–H and O–H groups in total. The quantitative estimate of drug-likeness (QED) is 0.608. The molecule has 1 aromatic carbocycles. The van der Waals surface area contributed by atoms with Crippen molar-refractivity contribution in [1.29, 1.82) is 0 Å². The molecule has 0 fully saturated rings. The lowest BCUT2D eigenvalue weighted by atomic mass is 10.1. The van der Waals surface area contributed by atoms with Crippen molar-refractivity contribution in [3.63, 3.8) is 0 Å². The number of carbonyl (C=O) groups is 1. The molecule has 0 aliphatic carbocycles. The molecule has 168 valence electrons. The van der Waals surface area contributed by atoms with Crippen LogP contribution in [0.3, 0.4) is 0 Å². The summed E-state index contributed by atoms with van der Waals surface area (Å²) in [5.41, 5.74) is -2.12. The second-order valence-corrected chi connectivity index (χ2v) is 7.14. The molecule has 1 amide bonds. The number of nitrogens with zero attached hydrogens (tertiary/aromatic N) is 3. The molecular weight excluding hydrogens is 455 g/mol. The largest absolute Gasteiger partial charge is 0.489 e. The number of ether oxygens (including phenoxy) is 2. The van der Waals surface area contributed by atoms with Gasteiger partial charge in [0.2, 0.25) is 0 Å². The predicted octanol–water partition coefficient (Wildman–Crippen LogP) is 2.72. The number of aromatic nitrogens is 4. The molecule has 0 unspecified atom stereocenters. The number of fused-ring (bicyclic) bond motifs is 1. The maximum absolute atomic E-state index is 13.7. The van der Waals surface area contributed by atoms with Crippen molar-refractivity contribution in [1.82, 2.24) is 25.3 Å². The van der Waals surface area contributed by atoms with Crippen LogP contribution in [0.25, 0.3) is 5.82 Å². The summed E-state index contributed by atoms with van der Waals surface area (Å²) in [6.07, 6.45) is -3.46. The van der Waals surface area contributed by atoms with Crippen molar-refractivity contribution in [2.75, 3.05) is 13.2 Å². The minimum absolute atomic E-state index is 0.116. The van der Waals surface area contributed by atoms with Crippen molar-refractivity contribution < 1.29 is 27.4 Å². The molecule has 9 nitrogen and oxygen atoms in total. The van der Waals surface area contributed by atoms with Gasteiger partial charge in [-0.15, -0.1) is 0 Å². The van der Waals surface area contributed by atoms with Crippen molar-refractivity contribution in [3.8, 4) is 17.3 Å². The number of hydrogen-bond acceptors (Lipinski definition) is 6. The lowest BCUT2D eigenvalue weighted by molar-refractivity contribution is -0.143. The number of hydrogen-bond donors (Lipinski definition) is 2. The van der Waals surface area contributed by atoms with Gasteiger partial charge in [-0.2, -0.15) is 23.4 Å². The molecule has 0 saturated heterocycles. The van der Waals surface area contributed by atoms with Gasteiger partial charge >= 0.3 is 6.18 Å². The van der Waals surface area contributed by atoms with Gasteiger partial charge < -0.3 is 14.8 Å². The molecule has 2 aromatic heterocycles. The monoisotopic (exact) mass is 469 g/mol. The fraction of sp³-hybridized carbons (Fsp3) is 0.263. The molecule has 0 bridgehead atoms. The summed E-state index contributed by atoms with van der Waals surface area (Å²) < 4.78 is 52.7. The Morgan fingerprint density at radius 2 is 2.03 bits per heavy atom. The van der Waals surface area contributed by atoms with Gasteiger partial charge in [0.15, 0.2) is 23.0 Å². The Labute approximate surface area is 183 Å².